The molecule has 2 atom stereocenters. The van der Waals surface area contributed by atoms with Gasteiger partial charge in [0.15, 0.2) is 0 Å². The Morgan fingerprint density at radius 3 is 1.23 bits per heavy atom. The lowest BCUT2D eigenvalue weighted by Gasteiger charge is -2.19. The van der Waals surface area contributed by atoms with E-state index < -0.39 is 12.1 Å². The highest BCUT2D eigenvalue weighted by molar-refractivity contribution is 5.76. The molecule has 4 heteroatoms. The third kappa shape index (κ3) is 44.3. The molecular weight excluding hydrogens is 699 g/mol. The standard InChI is InChI=1S/C53H91NO3/c1-3-5-7-9-11-13-15-17-18-19-20-21-22-23-24-25-26-27-28-29-30-31-32-33-34-35-36-37-39-41-43-45-47-49-53(57)54-51(50-55)52(56)48-46-44-42-40-38-16-14-12-10-8-6-4-2/h5,7,10-13,17-18,20-21,23-24,38,40,46,48,51-52,55-56H,3-4,6,8-9,14-16,19,22,25-37,39,41-45,47,49-50H2,1-2H3,(H,54,57)/b7-5-,12-10+,13-11-,18-17-,21-20-,24-23-,40-38+,48-46+. The van der Waals surface area contributed by atoms with Crippen LogP contribution in [0.5, 0.6) is 0 Å². The van der Waals surface area contributed by atoms with E-state index in [1.54, 1.807) is 6.08 Å². The molecule has 0 heterocycles. The van der Waals surface area contributed by atoms with Crippen LogP contribution in [0.15, 0.2) is 97.2 Å². The van der Waals surface area contributed by atoms with Crippen molar-refractivity contribution < 1.29 is 15.0 Å². The zero-order valence-corrected chi connectivity index (χ0v) is 37.3. The van der Waals surface area contributed by atoms with E-state index in [2.05, 4.69) is 104 Å². The summed E-state index contributed by atoms with van der Waals surface area (Å²) in [6.45, 7) is 4.12. The van der Waals surface area contributed by atoms with Gasteiger partial charge < -0.3 is 15.5 Å². The van der Waals surface area contributed by atoms with E-state index in [0.29, 0.717) is 6.42 Å². The normalized spacial score (nSPS) is 13.8. The summed E-state index contributed by atoms with van der Waals surface area (Å²) in [7, 11) is 0. The number of hydrogen-bond donors (Lipinski definition) is 3. The molecule has 0 saturated heterocycles. The molecule has 326 valence electrons. The van der Waals surface area contributed by atoms with Gasteiger partial charge in [0.1, 0.15) is 0 Å². The number of allylic oxidation sites excluding steroid dienone is 15. The van der Waals surface area contributed by atoms with Crippen molar-refractivity contribution >= 4 is 5.91 Å². The first-order valence-electron chi connectivity index (χ1n) is 24.0. The highest BCUT2D eigenvalue weighted by atomic mass is 16.3. The maximum absolute atomic E-state index is 12.4. The number of amides is 1. The Hall–Kier alpha value is -2.69. The van der Waals surface area contributed by atoms with Crippen LogP contribution in [0.3, 0.4) is 0 Å². The summed E-state index contributed by atoms with van der Waals surface area (Å²) in [6, 6.07) is -0.648. The molecule has 0 aromatic rings. The minimum absolute atomic E-state index is 0.0822. The Bertz CT molecular complexity index is 1080. The molecular formula is C53H91NO3. The predicted octanol–water partition coefficient (Wildman–Crippen LogP) is 15.4. The van der Waals surface area contributed by atoms with Crippen LogP contribution in [-0.2, 0) is 4.79 Å². The van der Waals surface area contributed by atoms with Crippen molar-refractivity contribution in [2.24, 2.45) is 0 Å². The zero-order valence-electron chi connectivity index (χ0n) is 37.3. The van der Waals surface area contributed by atoms with Gasteiger partial charge in [-0.2, -0.15) is 0 Å². The molecule has 2 unspecified atom stereocenters. The van der Waals surface area contributed by atoms with Crippen LogP contribution in [0.1, 0.15) is 213 Å². The molecule has 0 saturated carbocycles. The van der Waals surface area contributed by atoms with Crippen molar-refractivity contribution in [1.29, 1.82) is 0 Å². The predicted molar refractivity (Wildman–Crippen MR) is 253 cm³/mol. The van der Waals surface area contributed by atoms with Crippen LogP contribution in [0.4, 0.5) is 0 Å². The number of aliphatic hydroxyl groups is 2. The van der Waals surface area contributed by atoms with E-state index in [1.807, 2.05) is 6.08 Å². The number of carbonyl (C=O) groups excluding carboxylic acids is 1. The van der Waals surface area contributed by atoms with E-state index in [4.69, 9.17) is 0 Å². The molecule has 1 amide bonds. The summed E-state index contributed by atoms with van der Waals surface area (Å²) in [5.74, 6) is -0.0822. The van der Waals surface area contributed by atoms with Gasteiger partial charge in [-0.3, -0.25) is 4.79 Å². The summed E-state index contributed by atoms with van der Waals surface area (Å²) < 4.78 is 0. The molecule has 0 aliphatic heterocycles. The number of nitrogens with one attached hydrogen (secondary N) is 1. The number of carbonyl (C=O) groups is 1. The number of unbranched alkanes of at least 4 members (excludes halogenated alkanes) is 21. The lowest BCUT2D eigenvalue weighted by atomic mass is 10.0. The third-order valence-corrected chi connectivity index (χ3v) is 10.3. The maximum atomic E-state index is 12.4. The summed E-state index contributed by atoms with van der Waals surface area (Å²) >= 11 is 0. The molecule has 0 aromatic carbocycles. The second-order valence-corrected chi connectivity index (χ2v) is 15.8. The fourth-order valence-electron chi connectivity index (χ4n) is 6.63. The zero-order chi connectivity index (χ0) is 41.4. The van der Waals surface area contributed by atoms with Crippen LogP contribution >= 0.6 is 0 Å². The molecule has 57 heavy (non-hydrogen) atoms. The molecule has 0 spiro atoms. The third-order valence-electron chi connectivity index (χ3n) is 10.3. The van der Waals surface area contributed by atoms with E-state index in [1.165, 1.54) is 122 Å². The summed E-state index contributed by atoms with van der Waals surface area (Å²) in [6.07, 6.45) is 71.1. The van der Waals surface area contributed by atoms with Gasteiger partial charge in [-0.25, -0.2) is 0 Å². The Labute approximate surface area is 353 Å². The minimum Gasteiger partial charge on any atom is -0.394 e. The van der Waals surface area contributed by atoms with Crippen molar-refractivity contribution in [2.75, 3.05) is 6.61 Å². The Morgan fingerprint density at radius 1 is 0.439 bits per heavy atom. The molecule has 0 fully saturated rings. The fourth-order valence-corrected chi connectivity index (χ4v) is 6.63. The van der Waals surface area contributed by atoms with Crippen LogP contribution in [-0.4, -0.2) is 34.9 Å². The van der Waals surface area contributed by atoms with Gasteiger partial charge in [-0.15, -0.1) is 0 Å². The largest absolute Gasteiger partial charge is 0.394 e. The number of aliphatic hydroxyl groups excluding tert-OH is 2. The van der Waals surface area contributed by atoms with E-state index in [0.717, 1.165) is 70.6 Å². The van der Waals surface area contributed by atoms with Gasteiger partial charge in [0.05, 0.1) is 18.8 Å². The van der Waals surface area contributed by atoms with Crippen molar-refractivity contribution in [1.82, 2.24) is 5.32 Å². The Kier molecular flexibility index (Phi) is 45.4. The average molecular weight is 790 g/mol. The fraction of sp³-hybridized carbons (Fsp3) is 0.679. The van der Waals surface area contributed by atoms with Gasteiger partial charge in [0, 0.05) is 6.42 Å². The average Bonchev–Trinajstić information content (AvgIpc) is 3.22. The number of hydrogen-bond acceptors (Lipinski definition) is 3. The van der Waals surface area contributed by atoms with Gasteiger partial charge in [0.2, 0.25) is 5.91 Å². The van der Waals surface area contributed by atoms with Crippen LogP contribution in [0, 0.1) is 0 Å². The first-order valence-corrected chi connectivity index (χ1v) is 24.0. The van der Waals surface area contributed by atoms with Crippen LogP contribution in [0.2, 0.25) is 0 Å². The molecule has 0 rings (SSSR count). The van der Waals surface area contributed by atoms with Gasteiger partial charge >= 0.3 is 0 Å². The van der Waals surface area contributed by atoms with Crippen molar-refractivity contribution in [2.45, 2.75) is 225 Å². The highest BCUT2D eigenvalue weighted by Crippen LogP contribution is 2.15. The molecule has 0 bridgehead atoms. The van der Waals surface area contributed by atoms with Crippen molar-refractivity contribution in [3.8, 4) is 0 Å². The first-order chi connectivity index (χ1) is 28.2. The maximum Gasteiger partial charge on any atom is 0.220 e. The monoisotopic (exact) mass is 790 g/mol. The Balaban J connectivity index is 3.52. The second kappa shape index (κ2) is 47.7. The molecule has 0 radical (unpaired) electrons. The summed E-state index contributed by atoms with van der Waals surface area (Å²) in [5.41, 5.74) is 0. The highest BCUT2D eigenvalue weighted by Gasteiger charge is 2.17. The summed E-state index contributed by atoms with van der Waals surface area (Å²) in [5, 5.41) is 22.9. The van der Waals surface area contributed by atoms with Crippen molar-refractivity contribution in [3.63, 3.8) is 0 Å². The molecule has 3 N–H and O–H groups in total. The van der Waals surface area contributed by atoms with Crippen LogP contribution in [0.25, 0.3) is 0 Å². The summed E-state index contributed by atoms with van der Waals surface area (Å²) in [4.78, 5) is 12.4. The number of rotatable bonds is 42. The second-order valence-electron chi connectivity index (χ2n) is 15.8. The minimum atomic E-state index is -0.872. The van der Waals surface area contributed by atoms with E-state index in [9.17, 15) is 15.0 Å². The van der Waals surface area contributed by atoms with Gasteiger partial charge in [-0.05, 0) is 83.5 Å². The topological polar surface area (TPSA) is 69.6 Å². The lowest BCUT2D eigenvalue weighted by Crippen LogP contribution is -2.45. The smallest absolute Gasteiger partial charge is 0.220 e. The van der Waals surface area contributed by atoms with Gasteiger partial charge in [-0.1, -0.05) is 220 Å². The molecule has 0 aliphatic rings. The van der Waals surface area contributed by atoms with Crippen LogP contribution < -0.4 is 5.32 Å². The molecule has 0 aliphatic carbocycles. The quantitative estimate of drug-likeness (QED) is 0.0426. The van der Waals surface area contributed by atoms with E-state index >= 15 is 0 Å². The SMILES string of the molecule is CC/C=C\C/C=C\C/C=C\C/C=C\C/C=C\CCCCCCCCCCCCCCCCCCCC(=O)NC(CO)C(O)/C=C/CC/C=C/CC/C=C/CCCC. The molecule has 4 nitrogen and oxygen atoms in total. The molecule has 0 aromatic heterocycles. The van der Waals surface area contributed by atoms with Crippen molar-refractivity contribution in [3.05, 3.63) is 97.2 Å². The first kappa shape index (κ1) is 54.3. The van der Waals surface area contributed by atoms with Gasteiger partial charge in [0.25, 0.3) is 0 Å². The van der Waals surface area contributed by atoms with E-state index in [-0.39, 0.29) is 12.5 Å². The Morgan fingerprint density at radius 2 is 0.789 bits per heavy atom. The lowest BCUT2D eigenvalue weighted by molar-refractivity contribution is -0.123.